The SMILES string of the molecule is N#Cc1cnc2c(Cl)cc(NC(c3ccc(F)cc3)c3cn(C4CC4)nn3)cc2c1NC1CCC1. The standard InChI is InChI=1S/C26H23ClFN7/c27-22-11-19(10-21-24(31-18-2-1-3-18)16(12-29)13-30-26(21)22)32-25(15-4-6-17(28)7-5-15)23-14-35(34-33-23)20-8-9-20/h4-7,10-11,13-14,18,20,25,32H,1-3,8-9H2,(H,30,31). The summed E-state index contributed by atoms with van der Waals surface area (Å²) < 4.78 is 15.6. The number of hydrogen-bond donors (Lipinski definition) is 2. The molecule has 4 aromatic rings. The van der Waals surface area contributed by atoms with Crippen LogP contribution in [0.15, 0.2) is 48.8 Å². The summed E-state index contributed by atoms with van der Waals surface area (Å²) in [5.41, 5.74) is 4.20. The van der Waals surface area contributed by atoms with Crippen LogP contribution in [-0.4, -0.2) is 26.0 Å². The Bertz CT molecular complexity index is 1430. The van der Waals surface area contributed by atoms with Crippen molar-refractivity contribution < 1.29 is 4.39 Å². The molecule has 176 valence electrons. The molecule has 0 radical (unpaired) electrons. The van der Waals surface area contributed by atoms with Crippen molar-refractivity contribution in [1.29, 1.82) is 5.26 Å². The Morgan fingerprint density at radius 1 is 1.14 bits per heavy atom. The number of aromatic nitrogens is 4. The molecule has 0 amide bonds. The zero-order valence-electron chi connectivity index (χ0n) is 18.9. The van der Waals surface area contributed by atoms with E-state index in [-0.39, 0.29) is 11.9 Å². The van der Waals surface area contributed by atoms with Crippen molar-refractivity contribution in [2.75, 3.05) is 10.6 Å². The molecular weight excluding hydrogens is 465 g/mol. The minimum atomic E-state index is -0.369. The average molecular weight is 488 g/mol. The van der Waals surface area contributed by atoms with Gasteiger partial charge in [-0.25, -0.2) is 9.07 Å². The Morgan fingerprint density at radius 2 is 1.94 bits per heavy atom. The molecule has 1 unspecified atom stereocenters. The minimum absolute atomic E-state index is 0.301. The van der Waals surface area contributed by atoms with Crippen molar-refractivity contribution in [3.8, 4) is 6.07 Å². The van der Waals surface area contributed by atoms with Crippen LogP contribution in [0.4, 0.5) is 15.8 Å². The molecular formula is C26H23ClFN7. The highest BCUT2D eigenvalue weighted by Crippen LogP contribution is 2.38. The van der Waals surface area contributed by atoms with Crippen molar-refractivity contribution in [3.05, 3.63) is 76.5 Å². The van der Waals surface area contributed by atoms with E-state index in [0.717, 1.165) is 53.7 Å². The van der Waals surface area contributed by atoms with Gasteiger partial charge in [-0.3, -0.25) is 4.98 Å². The quantitative estimate of drug-likeness (QED) is 0.332. The summed E-state index contributed by atoms with van der Waals surface area (Å²) in [6.45, 7) is 0. The van der Waals surface area contributed by atoms with Gasteiger partial charge in [0.05, 0.1) is 40.1 Å². The van der Waals surface area contributed by atoms with E-state index >= 15 is 0 Å². The molecule has 9 heteroatoms. The third kappa shape index (κ3) is 4.28. The molecule has 0 spiro atoms. The van der Waals surface area contributed by atoms with Crippen LogP contribution >= 0.6 is 11.6 Å². The lowest BCUT2D eigenvalue weighted by Gasteiger charge is -2.28. The zero-order chi connectivity index (χ0) is 23.9. The van der Waals surface area contributed by atoms with Crippen LogP contribution in [0.1, 0.15) is 61.0 Å². The number of anilines is 2. The van der Waals surface area contributed by atoms with Crippen LogP contribution in [0.3, 0.4) is 0 Å². The van der Waals surface area contributed by atoms with Crippen molar-refractivity contribution in [1.82, 2.24) is 20.0 Å². The van der Waals surface area contributed by atoms with Crippen molar-refractivity contribution in [2.45, 2.75) is 50.2 Å². The molecule has 2 aromatic heterocycles. The third-order valence-corrected chi connectivity index (χ3v) is 7.05. The Kier molecular flexibility index (Phi) is 5.50. The Labute approximate surface area is 206 Å². The first-order valence-electron chi connectivity index (χ1n) is 11.8. The number of rotatable bonds is 7. The predicted octanol–water partition coefficient (Wildman–Crippen LogP) is 5.99. The maximum Gasteiger partial charge on any atom is 0.123 e. The van der Waals surface area contributed by atoms with Crippen LogP contribution in [0.2, 0.25) is 5.02 Å². The van der Waals surface area contributed by atoms with Crippen LogP contribution in [0, 0.1) is 17.1 Å². The van der Waals surface area contributed by atoms with Gasteiger partial charge in [0, 0.05) is 23.3 Å². The second-order valence-electron chi connectivity index (χ2n) is 9.27. The van der Waals surface area contributed by atoms with Gasteiger partial charge in [0.15, 0.2) is 0 Å². The number of benzene rings is 2. The van der Waals surface area contributed by atoms with Gasteiger partial charge in [-0.2, -0.15) is 5.26 Å². The Morgan fingerprint density at radius 3 is 2.63 bits per heavy atom. The molecule has 0 bridgehead atoms. The highest BCUT2D eigenvalue weighted by atomic mass is 35.5. The topological polar surface area (TPSA) is 91.5 Å². The number of halogens is 2. The van der Waals surface area contributed by atoms with E-state index in [1.807, 2.05) is 23.0 Å². The van der Waals surface area contributed by atoms with Crippen LogP contribution in [0.5, 0.6) is 0 Å². The minimum Gasteiger partial charge on any atom is -0.381 e. The van der Waals surface area contributed by atoms with Gasteiger partial charge >= 0.3 is 0 Å². The largest absolute Gasteiger partial charge is 0.381 e. The fraction of sp³-hybridized carbons (Fsp3) is 0.308. The summed E-state index contributed by atoms with van der Waals surface area (Å²) in [6.07, 6.45) is 9.04. The molecule has 2 saturated carbocycles. The molecule has 0 saturated heterocycles. The predicted molar refractivity (Wildman–Crippen MR) is 133 cm³/mol. The first kappa shape index (κ1) is 21.8. The van der Waals surface area contributed by atoms with E-state index in [4.69, 9.17) is 11.6 Å². The summed E-state index contributed by atoms with van der Waals surface area (Å²) in [4.78, 5) is 4.45. The van der Waals surface area contributed by atoms with E-state index in [2.05, 4.69) is 32.0 Å². The van der Waals surface area contributed by atoms with Gasteiger partial charge in [0.2, 0.25) is 0 Å². The number of pyridine rings is 1. The summed E-state index contributed by atoms with van der Waals surface area (Å²) in [6, 6.07) is 12.8. The summed E-state index contributed by atoms with van der Waals surface area (Å²) >= 11 is 6.67. The first-order valence-corrected chi connectivity index (χ1v) is 12.2. The van der Waals surface area contributed by atoms with Gasteiger partial charge in [-0.05, 0) is 61.9 Å². The number of nitriles is 1. The summed E-state index contributed by atoms with van der Waals surface area (Å²) in [5, 5.41) is 26.7. The fourth-order valence-electron chi connectivity index (χ4n) is 4.43. The Balaban J connectivity index is 1.42. The van der Waals surface area contributed by atoms with Crippen LogP contribution < -0.4 is 10.6 Å². The molecule has 2 N–H and O–H groups in total. The molecule has 35 heavy (non-hydrogen) atoms. The lowest BCUT2D eigenvalue weighted by Crippen LogP contribution is -2.27. The van der Waals surface area contributed by atoms with Gasteiger partial charge in [-0.15, -0.1) is 5.10 Å². The highest BCUT2D eigenvalue weighted by Gasteiger charge is 2.27. The molecule has 7 nitrogen and oxygen atoms in total. The van der Waals surface area contributed by atoms with Crippen molar-refractivity contribution in [2.24, 2.45) is 0 Å². The fourth-order valence-corrected chi connectivity index (χ4v) is 4.70. The van der Waals surface area contributed by atoms with E-state index in [9.17, 15) is 9.65 Å². The van der Waals surface area contributed by atoms with E-state index in [1.165, 1.54) is 18.6 Å². The van der Waals surface area contributed by atoms with Crippen molar-refractivity contribution >= 4 is 33.9 Å². The molecule has 6 rings (SSSR count). The molecule has 1 atom stereocenters. The first-order chi connectivity index (χ1) is 17.1. The third-order valence-electron chi connectivity index (χ3n) is 6.76. The normalized spacial score (nSPS) is 16.5. The average Bonchev–Trinajstić information content (AvgIpc) is 3.57. The van der Waals surface area contributed by atoms with Gasteiger partial charge in [0.1, 0.15) is 17.6 Å². The molecule has 2 fully saturated rings. The maximum absolute atomic E-state index is 13.7. The van der Waals surface area contributed by atoms with E-state index < -0.39 is 0 Å². The zero-order valence-corrected chi connectivity index (χ0v) is 19.6. The highest BCUT2D eigenvalue weighted by molar-refractivity contribution is 6.35. The van der Waals surface area contributed by atoms with E-state index in [1.54, 1.807) is 18.3 Å². The lowest BCUT2D eigenvalue weighted by atomic mass is 9.92. The molecule has 2 aromatic carbocycles. The summed E-state index contributed by atoms with van der Waals surface area (Å²) in [5.74, 6) is -0.301. The lowest BCUT2D eigenvalue weighted by molar-refractivity contribution is 0.446. The second-order valence-corrected chi connectivity index (χ2v) is 9.68. The number of hydrogen-bond acceptors (Lipinski definition) is 6. The Hall–Kier alpha value is -3.70. The monoisotopic (exact) mass is 487 g/mol. The van der Waals surface area contributed by atoms with Crippen LogP contribution in [0.25, 0.3) is 10.9 Å². The number of fused-ring (bicyclic) bond motifs is 1. The maximum atomic E-state index is 13.7. The molecule has 2 aliphatic carbocycles. The molecule has 2 aliphatic rings. The van der Waals surface area contributed by atoms with Gasteiger partial charge in [-0.1, -0.05) is 28.9 Å². The molecule has 2 heterocycles. The van der Waals surface area contributed by atoms with E-state index in [0.29, 0.717) is 28.2 Å². The molecule has 0 aliphatic heterocycles. The number of nitrogens with zero attached hydrogens (tertiary/aromatic N) is 5. The second kappa shape index (κ2) is 8.82. The summed E-state index contributed by atoms with van der Waals surface area (Å²) in [7, 11) is 0. The van der Waals surface area contributed by atoms with Gasteiger partial charge < -0.3 is 10.6 Å². The van der Waals surface area contributed by atoms with Gasteiger partial charge in [0.25, 0.3) is 0 Å². The number of nitrogens with one attached hydrogen (secondary N) is 2. The smallest absolute Gasteiger partial charge is 0.123 e. The van der Waals surface area contributed by atoms with Crippen molar-refractivity contribution in [3.63, 3.8) is 0 Å². The van der Waals surface area contributed by atoms with Crippen LogP contribution in [-0.2, 0) is 0 Å².